The van der Waals surface area contributed by atoms with Gasteiger partial charge in [-0.25, -0.2) is 0 Å². The Morgan fingerprint density at radius 2 is 1.52 bits per heavy atom. The minimum atomic E-state index is -1.80. The summed E-state index contributed by atoms with van der Waals surface area (Å²) >= 11 is 0. The first-order chi connectivity index (χ1) is 14.1. The molecule has 0 saturated heterocycles. The molecule has 5 heteroatoms. The number of benzene rings is 3. The molecule has 0 bridgehead atoms. The summed E-state index contributed by atoms with van der Waals surface area (Å²) in [5.41, 5.74) is 0.510. The SMILES string of the molecule is CCN(C(=O)CN1C(=O)[C@@](O)(c2ccccc2)c2ccccc21)c1ccccc1. The summed E-state index contributed by atoms with van der Waals surface area (Å²) < 4.78 is 0. The molecule has 0 unspecified atom stereocenters. The van der Waals surface area contributed by atoms with Crippen LogP contribution in [0.5, 0.6) is 0 Å². The molecule has 1 aliphatic heterocycles. The molecule has 3 aromatic rings. The van der Waals surface area contributed by atoms with Crippen molar-refractivity contribution in [3.8, 4) is 0 Å². The quantitative estimate of drug-likeness (QED) is 0.732. The summed E-state index contributed by atoms with van der Waals surface area (Å²) in [5.74, 6) is -0.721. The minimum Gasteiger partial charge on any atom is -0.372 e. The van der Waals surface area contributed by atoms with Gasteiger partial charge in [0.2, 0.25) is 5.91 Å². The lowest BCUT2D eigenvalue weighted by Crippen LogP contribution is -2.46. The van der Waals surface area contributed by atoms with Gasteiger partial charge in [0, 0.05) is 17.8 Å². The van der Waals surface area contributed by atoms with Gasteiger partial charge in [0.1, 0.15) is 6.54 Å². The summed E-state index contributed by atoms with van der Waals surface area (Å²) in [6, 6.07) is 25.3. The summed E-state index contributed by atoms with van der Waals surface area (Å²) in [6.07, 6.45) is 0. The number of fused-ring (bicyclic) bond motifs is 1. The van der Waals surface area contributed by atoms with Crippen LogP contribution in [0.1, 0.15) is 18.1 Å². The molecule has 0 spiro atoms. The fourth-order valence-electron chi connectivity index (χ4n) is 3.88. The average Bonchev–Trinajstić information content (AvgIpc) is 2.99. The molecule has 2 amide bonds. The van der Waals surface area contributed by atoms with Crippen LogP contribution in [-0.2, 0) is 15.2 Å². The van der Waals surface area contributed by atoms with E-state index in [1.54, 1.807) is 53.4 Å². The number of nitrogens with zero attached hydrogens (tertiary/aromatic N) is 2. The molecule has 0 radical (unpaired) electrons. The predicted octanol–water partition coefficient (Wildman–Crippen LogP) is 3.32. The number of carbonyl (C=O) groups excluding carboxylic acids is 2. The second-order valence-corrected chi connectivity index (χ2v) is 6.96. The topological polar surface area (TPSA) is 60.9 Å². The van der Waals surface area contributed by atoms with Crippen molar-refractivity contribution in [3.63, 3.8) is 0 Å². The van der Waals surface area contributed by atoms with Gasteiger partial charge in [-0.15, -0.1) is 0 Å². The Kier molecular flexibility index (Phi) is 4.91. The first-order valence-corrected chi connectivity index (χ1v) is 9.62. The second kappa shape index (κ2) is 7.53. The average molecular weight is 386 g/mol. The Hall–Kier alpha value is -3.44. The van der Waals surface area contributed by atoms with E-state index in [1.807, 2.05) is 43.3 Å². The van der Waals surface area contributed by atoms with Gasteiger partial charge in [-0.05, 0) is 30.7 Å². The maximum absolute atomic E-state index is 13.4. The summed E-state index contributed by atoms with van der Waals surface area (Å²) in [7, 11) is 0. The lowest BCUT2D eigenvalue weighted by Gasteiger charge is -2.26. The third-order valence-corrected chi connectivity index (χ3v) is 5.31. The number of hydrogen-bond acceptors (Lipinski definition) is 3. The molecule has 146 valence electrons. The van der Waals surface area contributed by atoms with Crippen LogP contribution in [0, 0.1) is 0 Å². The zero-order valence-corrected chi connectivity index (χ0v) is 16.2. The van der Waals surface area contributed by atoms with E-state index in [1.165, 1.54) is 4.90 Å². The summed E-state index contributed by atoms with van der Waals surface area (Å²) in [6.45, 7) is 2.23. The van der Waals surface area contributed by atoms with Crippen LogP contribution in [0.25, 0.3) is 0 Å². The Balaban J connectivity index is 1.70. The van der Waals surface area contributed by atoms with E-state index in [9.17, 15) is 14.7 Å². The normalized spacial score (nSPS) is 17.9. The van der Waals surface area contributed by atoms with Crippen LogP contribution in [0.4, 0.5) is 11.4 Å². The second-order valence-electron chi connectivity index (χ2n) is 6.96. The highest BCUT2D eigenvalue weighted by atomic mass is 16.3. The first kappa shape index (κ1) is 18.9. The van der Waals surface area contributed by atoms with Crippen LogP contribution >= 0.6 is 0 Å². The molecule has 1 N–H and O–H groups in total. The minimum absolute atomic E-state index is 0.145. The standard InChI is InChI=1S/C24H22N2O3/c1-2-25(19-13-7-4-8-14-19)22(27)17-26-21-16-10-9-15-20(21)24(29,23(26)28)18-11-5-3-6-12-18/h3-16,29H,2,17H2,1H3/t24-/m1/s1. The van der Waals surface area contributed by atoms with E-state index in [0.29, 0.717) is 23.4 Å². The van der Waals surface area contributed by atoms with Gasteiger partial charge in [-0.3, -0.25) is 14.5 Å². The smallest absolute Gasteiger partial charge is 0.268 e. The number of likely N-dealkylation sites (N-methyl/N-ethyl adjacent to an activating group) is 1. The fraction of sp³-hybridized carbons (Fsp3) is 0.167. The number of carbonyl (C=O) groups is 2. The number of aliphatic hydroxyl groups is 1. The molecule has 1 atom stereocenters. The van der Waals surface area contributed by atoms with Gasteiger partial charge in [-0.2, -0.15) is 0 Å². The monoisotopic (exact) mass is 386 g/mol. The highest BCUT2D eigenvalue weighted by Crippen LogP contribution is 2.44. The van der Waals surface area contributed by atoms with E-state index in [2.05, 4.69) is 0 Å². The van der Waals surface area contributed by atoms with Crippen molar-refractivity contribution in [1.82, 2.24) is 0 Å². The molecule has 1 heterocycles. The van der Waals surface area contributed by atoms with E-state index < -0.39 is 11.5 Å². The lowest BCUT2D eigenvalue weighted by atomic mass is 9.88. The molecule has 29 heavy (non-hydrogen) atoms. The lowest BCUT2D eigenvalue weighted by molar-refractivity contribution is -0.133. The van der Waals surface area contributed by atoms with Crippen molar-refractivity contribution in [2.45, 2.75) is 12.5 Å². The molecule has 0 aliphatic carbocycles. The Labute approximate surface area is 169 Å². The molecule has 5 nitrogen and oxygen atoms in total. The van der Waals surface area contributed by atoms with Crippen molar-refractivity contribution in [2.24, 2.45) is 0 Å². The van der Waals surface area contributed by atoms with Crippen LogP contribution < -0.4 is 9.80 Å². The molecular formula is C24H22N2O3. The van der Waals surface area contributed by atoms with Gasteiger partial charge in [0.15, 0.2) is 5.60 Å². The third kappa shape index (κ3) is 3.09. The van der Waals surface area contributed by atoms with Crippen molar-refractivity contribution in [1.29, 1.82) is 0 Å². The van der Waals surface area contributed by atoms with Crippen molar-refractivity contribution >= 4 is 23.2 Å². The Morgan fingerprint density at radius 3 is 2.17 bits per heavy atom. The molecule has 0 aromatic heterocycles. The van der Waals surface area contributed by atoms with Crippen LogP contribution in [0.3, 0.4) is 0 Å². The van der Waals surface area contributed by atoms with Gasteiger partial charge >= 0.3 is 0 Å². The number of hydrogen-bond donors (Lipinski definition) is 1. The fourth-order valence-corrected chi connectivity index (χ4v) is 3.88. The first-order valence-electron chi connectivity index (χ1n) is 9.62. The van der Waals surface area contributed by atoms with Crippen molar-refractivity contribution in [3.05, 3.63) is 96.1 Å². The molecule has 0 saturated carbocycles. The molecule has 3 aromatic carbocycles. The van der Waals surface area contributed by atoms with E-state index in [4.69, 9.17) is 0 Å². The van der Waals surface area contributed by atoms with Gasteiger partial charge < -0.3 is 10.0 Å². The highest BCUT2D eigenvalue weighted by Gasteiger charge is 2.51. The van der Waals surface area contributed by atoms with E-state index >= 15 is 0 Å². The molecule has 0 fully saturated rings. The van der Waals surface area contributed by atoms with Gasteiger partial charge in [0.25, 0.3) is 5.91 Å². The summed E-state index contributed by atoms with van der Waals surface area (Å²) in [5, 5.41) is 11.5. The van der Waals surface area contributed by atoms with Gasteiger partial charge in [-0.1, -0.05) is 66.7 Å². The van der Waals surface area contributed by atoms with Gasteiger partial charge in [0.05, 0.1) is 5.69 Å². The van der Waals surface area contributed by atoms with Crippen molar-refractivity contribution < 1.29 is 14.7 Å². The third-order valence-electron chi connectivity index (χ3n) is 5.31. The van der Waals surface area contributed by atoms with Crippen LogP contribution in [-0.4, -0.2) is 30.0 Å². The number of rotatable bonds is 5. The van der Waals surface area contributed by atoms with E-state index in [-0.39, 0.29) is 12.5 Å². The Bertz CT molecular complexity index is 1040. The zero-order chi connectivity index (χ0) is 20.4. The number of amides is 2. The highest BCUT2D eigenvalue weighted by molar-refractivity contribution is 6.13. The van der Waals surface area contributed by atoms with E-state index in [0.717, 1.165) is 5.69 Å². The molecule has 4 rings (SSSR count). The molecule has 1 aliphatic rings. The molecular weight excluding hydrogens is 364 g/mol. The van der Waals surface area contributed by atoms with Crippen LogP contribution in [0.15, 0.2) is 84.9 Å². The number of para-hydroxylation sites is 2. The maximum atomic E-state index is 13.4. The number of anilines is 2. The maximum Gasteiger partial charge on any atom is 0.268 e. The summed E-state index contributed by atoms with van der Waals surface area (Å²) in [4.78, 5) is 29.5. The largest absolute Gasteiger partial charge is 0.372 e. The predicted molar refractivity (Wildman–Crippen MR) is 113 cm³/mol. The zero-order valence-electron chi connectivity index (χ0n) is 16.2. The van der Waals surface area contributed by atoms with Crippen LogP contribution in [0.2, 0.25) is 0 Å². The van der Waals surface area contributed by atoms with Crippen molar-refractivity contribution in [2.75, 3.05) is 22.9 Å². The Morgan fingerprint density at radius 1 is 0.931 bits per heavy atom.